The first kappa shape index (κ1) is 12.8. The minimum atomic E-state index is -0.138. The molecule has 0 fully saturated rings. The van der Waals surface area contributed by atoms with Gasteiger partial charge in [-0.1, -0.05) is 12.0 Å². The van der Waals surface area contributed by atoms with Crippen molar-refractivity contribution < 1.29 is 0 Å². The zero-order chi connectivity index (χ0) is 13.1. The average molecular weight is 261 g/mol. The fourth-order valence-corrected chi connectivity index (χ4v) is 2.26. The van der Waals surface area contributed by atoms with Crippen molar-refractivity contribution in [3.63, 3.8) is 0 Å². The molecule has 0 bridgehead atoms. The summed E-state index contributed by atoms with van der Waals surface area (Å²) in [6.07, 6.45) is 11.6. The molecule has 0 radical (unpaired) electrons. The summed E-state index contributed by atoms with van der Waals surface area (Å²) in [7, 11) is 1.66. The molecule has 1 aliphatic rings. The predicted molar refractivity (Wildman–Crippen MR) is 73.6 cm³/mol. The maximum Gasteiger partial charge on any atom is 0.280 e. The summed E-state index contributed by atoms with van der Waals surface area (Å²) in [4.78, 5) is 12.2. The number of rotatable bonds is 2. The van der Waals surface area contributed by atoms with Crippen LogP contribution in [-0.2, 0) is 13.6 Å². The summed E-state index contributed by atoms with van der Waals surface area (Å²) in [5, 5.41) is 4.31. The van der Waals surface area contributed by atoms with Crippen LogP contribution in [0.1, 0.15) is 31.4 Å². The van der Waals surface area contributed by atoms with Crippen molar-refractivity contribution in [1.29, 1.82) is 0 Å². The van der Waals surface area contributed by atoms with Crippen molar-refractivity contribution in [3.05, 3.63) is 26.9 Å². The van der Waals surface area contributed by atoms with E-state index in [9.17, 15) is 4.79 Å². The zero-order valence-electron chi connectivity index (χ0n) is 10.3. The van der Waals surface area contributed by atoms with Gasteiger partial charge in [-0.3, -0.25) is 9.36 Å². The van der Waals surface area contributed by atoms with E-state index in [1.54, 1.807) is 7.05 Å². The number of hydrogen-bond donors (Lipinski definition) is 0. The minimum Gasteiger partial charge on any atom is -0.285 e. The van der Waals surface area contributed by atoms with Crippen LogP contribution < -0.4 is 5.56 Å². The Morgan fingerprint density at radius 3 is 2.94 bits per heavy atom. The number of aromatic nitrogens is 3. The molecule has 94 valence electrons. The second kappa shape index (κ2) is 5.32. The Bertz CT molecular complexity index is 646. The van der Waals surface area contributed by atoms with Crippen LogP contribution in [-0.4, -0.2) is 14.3 Å². The third-order valence-electron chi connectivity index (χ3n) is 3.07. The summed E-state index contributed by atoms with van der Waals surface area (Å²) >= 11 is 5.16. The predicted octanol–water partition coefficient (Wildman–Crippen LogP) is 1.90. The fourth-order valence-electron chi connectivity index (χ4n) is 2.07. The molecule has 4 nitrogen and oxygen atoms in total. The van der Waals surface area contributed by atoms with Gasteiger partial charge in [0.05, 0.1) is 0 Å². The molecule has 0 unspecified atom stereocenters. The molecule has 1 aromatic rings. The standard InChI is InChI=1S/C13H15N3OS/c1-3-9-16-13(18)15(2)12(17)11(14-16)10-7-5-4-6-8-10/h1,7H,4-6,8-9H2,2H3. The Balaban J connectivity index is 2.61. The normalized spacial score (nSPS) is 15.0. The first-order valence-electron chi connectivity index (χ1n) is 5.96. The van der Waals surface area contributed by atoms with Gasteiger partial charge in [-0.05, 0) is 43.5 Å². The Hall–Kier alpha value is -1.67. The number of hydrogen-bond acceptors (Lipinski definition) is 3. The van der Waals surface area contributed by atoms with Crippen LogP contribution in [0.25, 0.3) is 5.57 Å². The molecular formula is C13H15N3OS. The fraction of sp³-hybridized carbons (Fsp3) is 0.462. The van der Waals surface area contributed by atoms with Crippen molar-refractivity contribution in [2.75, 3.05) is 0 Å². The van der Waals surface area contributed by atoms with Gasteiger partial charge in [0.15, 0.2) is 10.5 Å². The van der Waals surface area contributed by atoms with E-state index < -0.39 is 0 Å². The molecule has 2 rings (SSSR count). The van der Waals surface area contributed by atoms with Crippen LogP contribution in [0.3, 0.4) is 0 Å². The topological polar surface area (TPSA) is 39.8 Å². The minimum absolute atomic E-state index is 0.138. The van der Waals surface area contributed by atoms with Crippen LogP contribution in [0.2, 0.25) is 0 Å². The van der Waals surface area contributed by atoms with Crippen molar-refractivity contribution in [1.82, 2.24) is 14.3 Å². The van der Waals surface area contributed by atoms with E-state index in [4.69, 9.17) is 18.6 Å². The molecule has 1 aromatic heterocycles. The monoisotopic (exact) mass is 261 g/mol. The summed E-state index contributed by atoms with van der Waals surface area (Å²) in [5.74, 6) is 2.50. The molecular weight excluding hydrogens is 246 g/mol. The first-order chi connectivity index (χ1) is 8.65. The zero-order valence-corrected chi connectivity index (χ0v) is 11.2. The van der Waals surface area contributed by atoms with Gasteiger partial charge in [0, 0.05) is 7.05 Å². The quantitative estimate of drug-likeness (QED) is 0.603. The second-order valence-corrected chi connectivity index (χ2v) is 4.70. The Morgan fingerprint density at radius 1 is 1.56 bits per heavy atom. The lowest BCUT2D eigenvalue weighted by molar-refractivity contribution is 0.589. The smallest absolute Gasteiger partial charge is 0.280 e. The lowest BCUT2D eigenvalue weighted by atomic mass is 9.97. The maximum absolute atomic E-state index is 12.2. The van der Waals surface area contributed by atoms with E-state index in [2.05, 4.69) is 17.1 Å². The molecule has 1 aliphatic carbocycles. The van der Waals surface area contributed by atoms with Gasteiger partial charge >= 0.3 is 0 Å². The Morgan fingerprint density at radius 2 is 2.33 bits per heavy atom. The van der Waals surface area contributed by atoms with Crippen molar-refractivity contribution >= 4 is 17.8 Å². The summed E-state index contributed by atoms with van der Waals surface area (Å²) in [6.45, 7) is 0.285. The Kier molecular flexibility index (Phi) is 3.78. The van der Waals surface area contributed by atoms with Crippen LogP contribution in [0.15, 0.2) is 10.9 Å². The van der Waals surface area contributed by atoms with E-state index in [0.29, 0.717) is 10.5 Å². The van der Waals surface area contributed by atoms with Gasteiger partial charge in [-0.15, -0.1) is 6.42 Å². The largest absolute Gasteiger partial charge is 0.285 e. The highest BCUT2D eigenvalue weighted by atomic mass is 32.1. The number of allylic oxidation sites excluding steroid dienone is 2. The molecule has 0 amide bonds. The van der Waals surface area contributed by atoms with Crippen molar-refractivity contribution in [2.24, 2.45) is 7.05 Å². The third-order valence-corrected chi connectivity index (χ3v) is 3.56. The number of nitrogens with zero attached hydrogens (tertiary/aromatic N) is 3. The van der Waals surface area contributed by atoms with Gasteiger partial charge in [0.1, 0.15) is 6.54 Å². The average Bonchev–Trinajstić information content (AvgIpc) is 2.40. The molecule has 0 aromatic carbocycles. The van der Waals surface area contributed by atoms with Gasteiger partial charge in [-0.2, -0.15) is 5.10 Å². The lowest BCUT2D eigenvalue weighted by Gasteiger charge is -2.14. The summed E-state index contributed by atoms with van der Waals surface area (Å²) in [6, 6.07) is 0. The van der Waals surface area contributed by atoms with E-state index in [1.807, 2.05) is 0 Å². The highest BCUT2D eigenvalue weighted by Gasteiger charge is 2.14. The van der Waals surface area contributed by atoms with Crippen molar-refractivity contribution in [2.45, 2.75) is 32.2 Å². The molecule has 18 heavy (non-hydrogen) atoms. The third kappa shape index (κ3) is 2.29. The molecule has 0 saturated carbocycles. The van der Waals surface area contributed by atoms with Crippen LogP contribution in [0.5, 0.6) is 0 Å². The highest BCUT2D eigenvalue weighted by molar-refractivity contribution is 7.71. The number of terminal acetylenes is 1. The van der Waals surface area contributed by atoms with Gasteiger partial charge in [0.2, 0.25) is 0 Å². The lowest BCUT2D eigenvalue weighted by Crippen LogP contribution is -2.28. The highest BCUT2D eigenvalue weighted by Crippen LogP contribution is 2.23. The molecule has 0 saturated heterocycles. The van der Waals surface area contributed by atoms with Crippen LogP contribution in [0, 0.1) is 17.1 Å². The Labute approximate surface area is 111 Å². The molecule has 0 spiro atoms. The van der Waals surface area contributed by atoms with Crippen LogP contribution >= 0.6 is 12.2 Å². The van der Waals surface area contributed by atoms with E-state index in [1.165, 1.54) is 15.7 Å². The molecule has 0 aliphatic heterocycles. The molecule has 1 heterocycles. The van der Waals surface area contributed by atoms with E-state index in [-0.39, 0.29) is 12.1 Å². The molecule has 5 heteroatoms. The maximum atomic E-state index is 12.2. The van der Waals surface area contributed by atoms with Crippen molar-refractivity contribution in [3.8, 4) is 12.3 Å². The van der Waals surface area contributed by atoms with E-state index in [0.717, 1.165) is 24.8 Å². The molecule has 0 atom stereocenters. The summed E-state index contributed by atoms with van der Waals surface area (Å²) < 4.78 is 3.32. The first-order valence-corrected chi connectivity index (χ1v) is 6.37. The van der Waals surface area contributed by atoms with Gasteiger partial charge in [0.25, 0.3) is 5.56 Å². The van der Waals surface area contributed by atoms with Gasteiger partial charge < -0.3 is 0 Å². The molecule has 0 N–H and O–H groups in total. The summed E-state index contributed by atoms with van der Waals surface area (Å²) in [5.41, 5.74) is 1.37. The second-order valence-electron chi connectivity index (χ2n) is 4.33. The van der Waals surface area contributed by atoms with E-state index >= 15 is 0 Å². The SMILES string of the molecule is C#CCn1nc(C2=CCCCC2)c(=O)n(C)c1=S. The van der Waals surface area contributed by atoms with Crippen LogP contribution in [0.4, 0.5) is 0 Å². The van der Waals surface area contributed by atoms with Gasteiger partial charge in [-0.25, -0.2) is 4.68 Å².